The molecule has 1 aliphatic carbocycles. The van der Waals surface area contributed by atoms with Crippen molar-refractivity contribution >= 4 is 6.29 Å². The van der Waals surface area contributed by atoms with Crippen molar-refractivity contribution in [1.29, 1.82) is 0 Å². The first kappa shape index (κ1) is 13.7. The summed E-state index contributed by atoms with van der Waals surface area (Å²) in [5.41, 5.74) is -0.164. The number of aldehydes is 1. The normalized spacial score (nSPS) is 21.6. The number of carbonyl (C=O) groups is 1. The van der Waals surface area contributed by atoms with E-state index >= 15 is 0 Å². The second-order valence-electron chi connectivity index (χ2n) is 4.81. The molecule has 0 amide bonds. The summed E-state index contributed by atoms with van der Waals surface area (Å²) in [6.45, 7) is 0. The molecule has 1 atom stereocenters. The van der Waals surface area contributed by atoms with Crippen molar-refractivity contribution in [2.75, 3.05) is 0 Å². The Balaban J connectivity index is 2.37. The van der Waals surface area contributed by atoms with E-state index in [9.17, 15) is 13.6 Å². The molecule has 1 aliphatic rings. The first-order valence-corrected chi connectivity index (χ1v) is 6.42. The maximum atomic E-state index is 14.0. The number of hydrogen-bond donors (Lipinski definition) is 0. The van der Waals surface area contributed by atoms with Crippen LogP contribution in [0.25, 0.3) is 0 Å². The lowest BCUT2D eigenvalue weighted by molar-refractivity contribution is -0.107. The highest BCUT2D eigenvalue weighted by molar-refractivity contribution is 5.49. The number of allylic oxidation sites excluding steroid dienone is 4. The standard InChI is InChI=1S/C16H16F2O/c17-14-8-6-7-13(15(14)18)16(11-4-5-12-19)9-2-1-3-10-16/h1-3,6-9,12H,4-5,10-11H2. The van der Waals surface area contributed by atoms with Gasteiger partial charge in [0.1, 0.15) is 6.29 Å². The van der Waals surface area contributed by atoms with Gasteiger partial charge in [-0.1, -0.05) is 36.4 Å². The van der Waals surface area contributed by atoms with Crippen LogP contribution in [0.1, 0.15) is 31.2 Å². The number of hydrogen-bond acceptors (Lipinski definition) is 1. The number of benzene rings is 1. The van der Waals surface area contributed by atoms with Crippen LogP contribution < -0.4 is 0 Å². The van der Waals surface area contributed by atoms with Gasteiger partial charge in [-0.3, -0.25) is 0 Å². The Labute approximate surface area is 111 Å². The van der Waals surface area contributed by atoms with Gasteiger partial charge in [0.2, 0.25) is 0 Å². The Morgan fingerprint density at radius 2 is 2.11 bits per heavy atom. The van der Waals surface area contributed by atoms with Crippen molar-refractivity contribution in [2.45, 2.75) is 31.1 Å². The van der Waals surface area contributed by atoms with E-state index in [-0.39, 0.29) is 0 Å². The van der Waals surface area contributed by atoms with Crippen LogP contribution in [0, 0.1) is 11.6 Å². The minimum absolute atomic E-state index is 0.374. The number of carbonyl (C=O) groups excluding carboxylic acids is 1. The maximum absolute atomic E-state index is 14.0. The van der Waals surface area contributed by atoms with Gasteiger partial charge in [-0.15, -0.1) is 0 Å². The molecule has 0 bridgehead atoms. The average molecular weight is 262 g/mol. The Bertz CT molecular complexity index is 519. The second-order valence-corrected chi connectivity index (χ2v) is 4.81. The third kappa shape index (κ3) is 2.80. The van der Waals surface area contributed by atoms with Crippen molar-refractivity contribution in [1.82, 2.24) is 0 Å². The first-order valence-electron chi connectivity index (χ1n) is 6.42. The molecule has 0 aliphatic heterocycles. The summed E-state index contributed by atoms with van der Waals surface area (Å²) in [6.07, 6.45) is 10.8. The third-order valence-corrected chi connectivity index (χ3v) is 3.58. The molecule has 0 radical (unpaired) electrons. The Morgan fingerprint density at radius 3 is 2.79 bits per heavy atom. The second kappa shape index (κ2) is 5.91. The number of rotatable bonds is 5. The van der Waals surface area contributed by atoms with Gasteiger partial charge in [0.15, 0.2) is 11.6 Å². The molecule has 0 fully saturated rings. The highest BCUT2D eigenvalue weighted by Crippen LogP contribution is 2.39. The number of unbranched alkanes of at least 4 members (excludes halogenated alkanes) is 1. The Hall–Kier alpha value is -1.77. The molecule has 0 aromatic heterocycles. The quantitative estimate of drug-likeness (QED) is 0.577. The summed E-state index contributed by atoms with van der Waals surface area (Å²) in [5, 5.41) is 0. The van der Waals surface area contributed by atoms with E-state index in [0.29, 0.717) is 31.2 Å². The van der Waals surface area contributed by atoms with Crippen molar-refractivity contribution in [3.63, 3.8) is 0 Å². The monoisotopic (exact) mass is 262 g/mol. The lowest BCUT2D eigenvalue weighted by Crippen LogP contribution is -2.26. The molecule has 0 spiro atoms. The summed E-state index contributed by atoms with van der Waals surface area (Å²) >= 11 is 0. The van der Waals surface area contributed by atoms with Gasteiger partial charge in [0, 0.05) is 17.4 Å². The van der Waals surface area contributed by atoms with E-state index in [2.05, 4.69) is 0 Å². The molecule has 3 heteroatoms. The summed E-state index contributed by atoms with van der Waals surface area (Å²) in [4.78, 5) is 10.4. The smallest absolute Gasteiger partial charge is 0.162 e. The fraction of sp³-hybridized carbons (Fsp3) is 0.312. The van der Waals surface area contributed by atoms with Gasteiger partial charge < -0.3 is 4.79 Å². The van der Waals surface area contributed by atoms with E-state index in [1.54, 1.807) is 6.07 Å². The predicted molar refractivity (Wildman–Crippen MR) is 70.8 cm³/mol. The van der Waals surface area contributed by atoms with Gasteiger partial charge in [0.05, 0.1) is 0 Å². The van der Waals surface area contributed by atoms with Crippen molar-refractivity contribution in [3.05, 3.63) is 59.7 Å². The lowest BCUT2D eigenvalue weighted by atomic mass is 9.72. The minimum atomic E-state index is -0.824. The highest BCUT2D eigenvalue weighted by atomic mass is 19.2. The van der Waals surface area contributed by atoms with Crippen LogP contribution in [0.5, 0.6) is 0 Å². The Morgan fingerprint density at radius 1 is 1.26 bits per heavy atom. The molecule has 1 unspecified atom stereocenters. The van der Waals surface area contributed by atoms with Gasteiger partial charge in [0.25, 0.3) is 0 Å². The molecule has 1 nitrogen and oxygen atoms in total. The van der Waals surface area contributed by atoms with E-state index < -0.39 is 17.0 Å². The largest absolute Gasteiger partial charge is 0.303 e. The van der Waals surface area contributed by atoms with Crippen molar-refractivity contribution in [3.8, 4) is 0 Å². The van der Waals surface area contributed by atoms with E-state index in [1.165, 1.54) is 6.07 Å². The Kier molecular flexibility index (Phi) is 4.25. The molecule has 1 aromatic carbocycles. The molecule has 2 rings (SSSR count). The van der Waals surface area contributed by atoms with Crippen LogP contribution in [0.2, 0.25) is 0 Å². The molecular weight excluding hydrogens is 246 g/mol. The van der Waals surface area contributed by atoms with Gasteiger partial charge in [-0.05, 0) is 25.3 Å². The topological polar surface area (TPSA) is 17.1 Å². The van der Waals surface area contributed by atoms with E-state index in [0.717, 1.165) is 12.4 Å². The molecule has 0 N–H and O–H groups in total. The molecule has 0 heterocycles. The van der Waals surface area contributed by atoms with Crippen molar-refractivity contribution < 1.29 is 13.6 Å². The summed E-state index contributed by atoms with van der Waals surface area (Å²) in [5.74, 6) is -1.61. The summed E-state index contributed by atoms with van der Waals surface area (Å²) in [7, 11) is 0. The van der Waals surface area contributed by atoms with Gasteiger partial charge in [-0.25, -0.2) is 8.78 Å². The zero-order valence-electron chi connectivity index (χ0n) is 10.6. The van der Waals surface area contributed by atoms with Gasteiger partial charge in [-0.2, -0.15) is 0 Å². The molecule has 19 heavy (non-hydrogen) atoms. The highest BCUT2D eigenvalue weighted by Gasteiger charge is 2.32. The molecule has 1 aromatic rings. The third-order valence-electron chi connectivity index (χ3n) is 3.58. The van der Waals surface area contributed by atoms with Crippen molar-refractivity contribution in [2.24, 2.45) is 0 Å². The van der Waals surface area contributed by atoms with Gasteiger partial charge >= 0.3 is 0 Å². The zero-order valence-corrected chi connectivity index (χ0v) is 10.6. The first-order chi connectivity index (χ1) is 9.19. The van der Waals surface area contributed by atoms with Crippen LogP contribution in [0.3, 0.4) is 0 Å². The number of halogens is 2. The van der Waals surface area contributed by atoms with Crippen LogP contribution >= 0.6 is 0 Å². The zero-order chi connectivity index (χ0) is 13.7. The minimum Gasteiger partial charge on any atom is -0.303 e. The molecular formula is C16H16F2O. The summed E-state index contributed by atoms with van der Waals surface area (Å²) < 4.78 is 27.5. The molecule has 100 valence electrons. The fourth-order valence-electron chi connectivity index (χ4n) is 2.57. The molecule has 0 saturated carbocycles. The predicted octanol–water partition coefficient (Wildman–Crippen LogP) is 4.09. The average Bonchev–Trinajstić information content (AvgIpc) is 2.43. The van der Waals surface area contributed by atoms with Crippen LogP contribution in [0.15, 0.2) is 42.5 Å². The van der Waals surface area contributed by atoms with E-state index in [1.807, 2.05) is 24.3 Å². The maximum Gasteiger partial charge on any atom is 0.162 e. The fourth-order valence-corrected chi connectivity index (χ4v) is 2.57. The van der Waals surface area contributed by atoms with Crippen LogP contribution in [-0.4, -0.2) is 6.29 Å². The van der Waals surface area contributed by atoms with Crippen LogP contribution in [0.4, 0.5) is 8.78 Å². The molecule has 0 saturated heterocycles. The van der Waals surface area contributed by atoms with Crippen LogP contribution in [-0.2, 0) is 10.2 Å². The lowest BCUT2D eigenvalue weighted by Gasteiger charge is -2.32. The SMILES string of the molecule is O=CCCCC1(c2cccc(F)c2F)C=CC=CC1. The summed E-state index contributed by atoms with van der Waals surface area (Å²) in [6, 6.07) is 4.28. The van der Waals surface area contributed by atoms with E-state index in [4.69, 9.17) is 0 Å².